The molecule has 0 radical (unpaired) electrons. The first-order valence-electron chi connectivity index (χ1n) is 4.55. The van der Waals surface area contributed by atoms with Gasteiger partial charge in [0.05, 0.1) is 13.2 Å². The van der Waals surface area contributed by atoms with Crippen molar-refractivity contribution in [1.29, 1.82) is 0 Å². The smallest absolute Gasteiger partial charge is 0.235 e. The molecule has 1 aliphatic heterocycles. The van der Waals surface area contributed by atoms with Gasteiger partial charge in [-0.2, -0.15) is 0 Å². The van der Waals surface area contributed by atoms with Crippen LogP contribution in [0.15, 0.2) is 0 Å². The average Bonchev–Trinajstić information content (AvgIpc) is 2.16. The molecule has 0 aromatic rings. The predicted octanol–water partition coefficient (Wildman–Crippen LogP) is -0.913. The summed E-state index contributed by atoms with van der Waals surface area (Å²) in [5.41, 5.74) is 2.12. The summed E-state index contributed by atoms with van der Waals surface area (Å²) in [4.78, 5) is 13.1. The standard InChI is InChI=1S/C8H17N3O2/c1-7-6-13-5-4-11(7)3-2-8(12)10-9/h7H,2-6,9H2,1H3,(H,10,12). The van der Waals surface area contributed by atoms with E-state index >= 15 is 0 Å². The highest BCUT2D eigenvalue weighted by Crippen LogP contribution is 2.05. The van der Waals surface area contributed by atoms with Crippen LogP contribution in [0.4, 0.5) is 0 Å². The molecule has 1 aliphatic rings. The lowest BCUT2D eigenvalue weighted by atomic mass is 10.2. The van der Waals surface area contributed by atoms with E-state index in [2.05, 4.69) is 17.2 Å². The highest BCUT2D eigenvalue weighted by Gasteiger charge is 2.18. The van der Waals surface area contributed by atoms with E-state index in [0.29, 0.717) is 12.5 Å². The largest absolute Gasteiger partial charge is 0.379 e. The van der Waals surface area contributed by atoms with E-state index in [1.165, 1.54) is 0 Å². The number of carbonyl (C=O) groups is 1. The third kappa shape index (κ3) is 3.30. The Labute approximate surface area is 78.2 Å². The van der Waals surface area contributed by atoms with E-state index in [0.717, 1.165) is 26.3 Å². The van der Waals surface area contributed by atoms with Gasteiger partial charge in [-0.25, -0.2) is 5.84 Å². The molecule has 0 spiro atoms. The molecule has 0 saturated carbocycles. The number of morpholine rings is 1. The van der Waals surface area contributed by atoms with Crippen LogP contribution in [-0.2, 0) is 9.53 Å². The lowest BCUT2D eigenvalue weighted by molar-refractivity contribution is -0.122. The van der Waals surface area contributed by atoms with Gasteiger partial charge in [0.2, 0.25) is 5.91 Å². The number of hydrogen-bond acceptors (Lipinski definition) is 4. The summed E-state index contributed by atoms with van der Waals surface area (Å²) < 4.78 is 5.28. The number of carbonyl (C=O) groups excluding carboxylic acids is 1. The molecule has 0 aromatic heterocycles. The predicted molar refractivity (Wildman–Crippen MR) is 48.8 cm³/mol. The summed E-state index contributed by atoms with van der Waals surface area (Å²) in [6, 6.07) is 0.402. The second kappa shape index (κ2) is 5.16. The van der Waals surface area contributed by atoms with Gasteiger partial charge in [0.25, 0.3) is 0 Å². The molecule has 1 unspecified atom stereocenters. The van der Waals surface area contributed by atoms with Crippen molar-refractivity contribution in [2.24, 2.45) is 5.84 Å². The molecule has 0 aliphatic carbocycles. The zero-order valence-corrected chi connectivity index (χ0v) is 7.95. The van der Waals surface area contributed by atoms with Crippen LogP contribution in [-0.4, -0.2) is 43.2 Å². The van der Waals surface area contributed by atoms with Crippen molar-refractivity contribution < 1.29 is 9.53 Å². The third-order valence-electron chi connectivity index (χ3n) is 2.29. The minimum absolute atomic E-state index is 0.112. The maximum atomic E-state index is 10.9. The van der Waals surface area contributed by atoms with Gasteiger partial charge in [-0.3, -0.25) is 15.1 Å². The minimum Gasteiger partial charge on any atom is -0.379 e. The van der Waals surface area contributed by atoms with E-state index in [1.807, 2.05) is 0 Å². The topological polar surface area (TPSA) is 67.6 Å². The zero-order valence-electron chi connectivity index (χ0n) is 7.95. The molecule has 3 N–H and O–H groups in total. The zero-order chi connectivity index (χ0) is 9.68. The Balaban J connectivity index is 2.22. The fourth-order valence-corrected chi connectivity index (χ4v) is 1.41. The van der Waals surface area contributed by atoms with Crippen LogP contribution in [0.2, 0.25) is 0 Å². The van der Waals surface area contributed by atoms with Gasteiger partial charge in [-0.05, 0) is 6.92 Å². The van der Waals surface area contributed by atoms with Crippen molar-refractivity contribution in [2.45, 2.75) is 19.4 Å². The van der Waals surface area contributed by atoms with Crippen molar-refractivity contribution in [3.8, 4) is 0 Å². The fraction of sp³-hybridized carbons (Fsp3) is 0.875. The van der Waals surface area contributed by atoms with Crippen LogP contribution in [0.5, 0.6) is 0 Å². The first-order chi connectivity index (χ1) is 6.24. The number of hydrazine groups is 1. The molecule has 1 rings (SSSR count). The van der Waals surface area contributed by atoms with Gasteiger partial charge >= 0.3 is 0 Å². The number of amides is 1. The first kappa shape index (κ1) is 10.4. The Morgan fingerprint density at radius 2 is 2.54 bits per heavy atom. The normalized spacial score (nSPS) is 24.3. The molecule has 13 heavy (non-hydrogen) atoms. The highest BCUT2D eigenvalue weighted by molar-refractivity contribution is 5.75. The van der Waals surface area contributed by atoms with E-state index in [4.69, 9.17) is 10.6 Å². The highest BCUT2D eigenvalue weighted by atomic mass is 16.5. The van der Waals surface area contributed by atoms with Crippen LogP contribution < -0.4 is 11.3 Å². The van der Waals surface area contributed by atoms with Crippen LogP contribution in [0.25, 0.3) is 0 Å². The lowest BCUT2D eigenvalue weighted by Crippen LogP contribution is -2.45. The van der Waals surface area contributed by atoms with Crippen molar-refractivity contribution in [1.82, 2.24) is 10.3 Å². The lowest BCUT2D eigenvalue weighted by Gasteiger charge is -2.32. The van der Waals surface area contributed by atoms with Gasteiger partial charge in [0, 0.05) is 25.6 Å². The second-order valence-electron chi connectivity index (χ2n) is 3.28. The number of rotatable bonds is 3. The van der Waals surface area contributed by atoms with Crippen molar-refractivity contribution in [3.63, 3.8) is 0 Å². The maximum absolute atomic E-state index is 10.9. The van der Waals surface area contributed by atoms with Gasteiger partial charge in [-0.15, -0.1) is 0 Å². The third-order valence-corrected chi connectivity index (χ3v) is 2.29. The minimum atomic E-state index is -0.112. The molecule has 1 saturated heterocycles. The van der Waals surface area contributed by atoms with Crippen LogP contribution in [0.1, 0.15) is 13.3 Å². The SMILES string of the molecule is CC1COCCN1CCC(=O)NN. The Hall–Kier alpha value is -0.650. The summed E-state index contributed by atoms with van der Waals surface area (Å²) in [5, 5.41) is 0. The Bertz CT molecular complexity index is 175. The number of nitrogens with zero attached hydrogens (tertiary/aromatic N) is 1. The number of nitrogens with two attached hydrogens (primary N) is 1. The molecular formula is C8H17N3O2. The molecule has 1 heterocycles. The Morgan fingerprint density at radius 1 is 1.77 bits per heavy atom. The van der Waals surface area contributed by atoms with Crippen molar-refractivity contribution >= 4 is 5.91 Å². The molecule has 5 heteroatoms. The van der Waals surface area contributed by atoms with Gasteiger partial charge in [0.15, 0.2) is 0 Å². The molecule has 1 amide bonds. The van der Waals surface area contributed by atoms with Gasteiger partial charge in [0.1, 0.15) is 0 Å². The monoisotopic (exact) mass is 187 g/mol. The molecule has 5 nitrogen and oxygen atoms in total. The van der Waals surface area contributed by atoms with E-state index < -0.39 is 0 Å². The molecular weight excluding hydrogens is 170 g/mol. The molecule has 0 aromatic carbocycles. The maximum Gasteiger partial charge on any atom is 0.235 e. The van der Waals surface area contributed by atoms with E-state index in [-0.39, 0.29) is 5.91 Å². The fourth-order valence-electron chi connectivity index (χ4n) is 1.41. The summed E-state index contributed by atoms with van der Waals surface area (Å²) >= 11 is 0. The quantitative estimate of drug-likeness (QED) is 0.341. The number of nitrogens with one attached hydrogen (secondary N) is 1. The summed E-state index contributed by atoms with van der Waals surface area (Å²) in [7, 11) is 0. The summed E-state index contributed by atoms with van der Waals surface area (Å²) in [5.74, 6) is 4.87. The van der Waals surface area contributed by atoms with Gasteiger partial charge < -0.3 is 4.74 Å². The Kier molecular flexibility index (Phi) is 4.14. The van der Waals surface area contributed by atoms with E-state index in [9.17, 15) is 4.79 Å². The average molecular weight is 187 g/mol. The molecule has 0 bridgehead atoms. The first-order valence-corrected chi connectivity index (χ1v) is 4.55. The van der Waals surface area contributed by atoms with Crippen LogP contribution in [0, 0.1) is 0 Å². The van der Waals surface area contributed by atoms with Crippen molar-refractivity contribution in [3.05, 3.63) is 0 Å². The van der Waals surface area contributed by atoms with Crippen LogP contribution in [0.3, 0.4) is 0 Å². The second-order valence-corrected chi connectivity index (χ2v) is 3.28. The van der Waals surface area contributed by atoms with Crippen molar-refractivity contribution in [2.75, 3.05) is 26.3 Å². The summed E-state index contributed by atoms with van der Waals surface area (Å²) in [6.45, 7) is 5.27. The molecule has 1 fully saturated rings. The Morgan fingerprint density at radius 3 is 3.15 bits per heavy atom. The number of ether oxygens (including phenoxy) is 1. The molecule has 76 valence electrons. The van der Waals surface area contributed by atoms with E-state index in [1.54, 1.807) is 0 Å². The van der Waals surface area contributed by atoms with Crippen LogP contribution >= 0.6 is 0 Å². The number of hydrogen-bond donors (Lipinski definition) is 2. The van der Waals surface area contributed by atoms with Gasteiger partial charge in [-0.1, -0.05) is 0 Å². The summed E-state index contributed by atoms with van der Waals surface area (Å²) in [6.07, 6.45) is 0.459. The molecule has 1 atom stereocenters.